The summed E-state index contributed by atoms with van der Waals surface area (Å²) in [6.45, 7) is 4.00. The van der Waals surface area contributed by atoms with Gasteiger partial charge in [0.05, 0.1) is 34.6 Å². The van der Waals surface area contributed by atoms with Gasteiger partial charge in [-0.25, -0.2) is 0 Å². The Kier molecular flexibility index (Phi) is 7.87. The first-order valence-corrected chi connectivity index (χ1v) is 8.95. The van der Waals surface area contributed by atoms with Crippen molar-refractivity contribution in [2.24, 2.45) is 9.98 Å². The number of nitrogens with zero attached hydrogens (tertiary/aromatic N) is 4. The molecule has 0 unspecified atom stereocenters. The maximum atomic E-state index is 8.91. The molecule has 3 rings (SSSR count). The monoisotopic (exact) mass is 364 g/mol. The summed E-state index contributed by atoms with van der Waals surface area (Å²) in [5.41, 5.74) is 4.57. The zero-order chi connectivity index (χ0) is 20.2. The third-order valence-corrected chi connectivity index (χ3v) is 3.61. The lowest BCUT2D eigenvalue weighted by Crippen LogP contribution is -1.84. The summed E-state index contributed by atoms with van der Waals surface area (Å²) in [4.78, 5) is 8.77. The fourth-order valence-electron chi connectivity index (χ4n) is 2.28. The molecule has 0 saturated heterocycles. The van der Waals surface area contributed by atoms with Crippen molar-refractivity contribution in [2.75, 3.05) is 0 Å². The van der Waals surface area contributed by atoms with E-state index in [0.717, 1.165) is 22.5 Å². The van der Waals surface area contributed by atoms with Crippen LogP contribution in [0.25, 0.3) is 0 Å². The first-order valence-electron chi connectivity index (χ1n) is 8.95. The van der Waals surface area contributed by atoms with Gasteiger partial charge >= 0.3 is 0 Å². The van der Waals surface area contributed by atoms with Gasteiger partial charge in [-0.15, -0.1) is 0 Å². The Morgan fingerprint density at radius 3 is 1.39 bits per heavy atom. The van der Waals surface area contributed by atoms with Crippen LogP contribution in [0.1, 0.15) is 36.1 Å². The summed E-state index contributed by atoms with van der Waals surface area (Å²) in [6, 6.07) is 26.3. The number of rotatable bonds is 4. The molecule has 0 bridgehead atoms. The molecule has 0 atom stereocenters. The Morgan fingerprint density at radius 1 is 0.643 bits per heavy atom. The zero-order valence-electron chi connectivity index (χ0n) is 15.9. The van der Waals surface area contributed by atoms with E-state index < -0.39 is 0 Å². The molecule has 0 aliphatic rings. The third-order valence-electron chi connectivity index (χ3n) is 3.61. The van der Waals surface area contributed by atoms with E-state index in [4.69, 9.17) is 10.5 Å². The van der Waals surface area contributed by atoms with Crippen LogP contribution < -0.4 is 0 Å². The molecule has 0 N–H and O–H groups in total. The van der Waals surface area contributed by atoms with E-state index in [1.165, 1.54) is 0 Å². The van der Waals surface area contributed by atoms with Crippen LogP contribution in [0.3, 0.4) is 0 Å². The fraction of sp³-hybridized carbons (Fsp3) is 0.0833. The Balaban J connectivity index is 0.00000136. The highest BCUT2D eigenvalue weighted by Gasteiger charge is 1.95. The smallest absolute Gasteiger partial charge is 0.0992 e. The lowest BCUT2D eigenvalue weighted by atomic mass is 10.1. The van der Waals surface area contributed by atoms with Gasteiger partial charge in [-0.2, -0.15) is 10.5 Å². The van der Waals surface area contributed by atoms with E-state index in [0.29, 0.717) is 11.1 Å². The number of aliphatic imine (C=N–C) groups is 2. The van der Waals surface area contributed by atoms with Gasteiger partial charge in [-0.05, 0) is 47.5 Å². The molecular weight excluding hydrogens is 344 g/mol. The van der Waals surface area contributed by atoms with Crippen LogP contribution in [0.4, 0.5) is 11.4 Å². The van der Waals surface area contributed by atoms with Crippen LogP contribution >= 0.6 is 0 Å². The maximum absolute atomic E-state index is 8.91. The minimum absolute atomic E-state index is 0.590. The number of hydrogen-bond donors (Lipinski definition) is 0. The molecule has 0 fully saturated rings. The Bertz CT molecular complexity index is 962. The van der Waals surface area contributed by atoms with Gasteiger partial charge in [0.2, 0.25) is 0 Å². The summed E-state index contributed by atoms with van der Waals surface area (Å²) < 4.78 is 0. The van der Waals surface area contributed by atoms with Crippen molar-refractivity contribution in [2.45, 2.75) is 13.8 Å². The Labute approximate surface area is 165 Å². The van der Waals surface area contributed by atoms with Crippen LogP contribution in [0.5, 0.6) is 0 Å². The van der Waals surface area contributed by atoms with Crippen molar-refractivity contribution in [3.05, 3.63) is 95.1 Å². The van der Waals surface area contributed by atoms with Crippen molar-refractivity contribution in [1.82, 2.24) is 0 Å². The van der Waals surface area contributed by atoms with Gasteiger partial charge in [0.25, 0.3) is 0 Å². The maximum Gasteiger partial charge on any atom is 0.0992 e. The summed E-state index contributed by atoms with van der Waals surface area (Å²) in [5, 5.41) is 17.8. The van der Waals surface area contributed by atoms with E-state index in [1.54, 1.807) is 36.7 Å². The summed E-state index contributed by atoms with van der Waals surface area (Å²) >= 11 is 0. The van der Waals surface area contributed by atoms with Gasteiger partial charge in [-0.3, -0.25) is 9.98 Å². The van der Waals surface area contributed by atoms with Gasteiger partial charge < -0.3 is 0 Å². The molecule has 0 heterocycles. The molecule has 3 aromatic carbocycles. The van der Waals surface area contributed by atoms with E-state index >= 15 is 0 Å². The second-order valence-corrected chi connectivity index (χ2v) is 5.51. The molecule has 4 nitrogen and oxygen atoms in total. The van der Waals surface area contributed by atoms with Crippen LogP contribution in [0.15, 0.2) is 82.8 Å². The van der Waals surface area contributed by atoms with Crippen LogP contribution in [-0.4, -0.2) is 12.4 Å². The topological polar surface area (TPSA) is 72.3 Å². The average molecular weight is 364 g/mol. The number of benzene rings is 3. The van der Waals surface area contributed by atoms with Crippen molar-refractivity contribution < 1.29 is 0 Å². The zero-order valence-corrected chi connectivity index (χ0v) is 15.9. The van der Waals surface area contributed by atoms with E-state index in [9.17, 15) is 0 Å². The highest BCUT2D eigenvalue weighted by molar-refractivity contribution is 5.86. The van der Waals surface area contributed by atoms with Crippen molar-refractivity contribution in [1.29, 1.82) is 10.5 Å². The summed E-state index contributed by atoms with van der Waals surface area (Å²) in [6.07, 6.45) is 3.52. The highest BCUT2D eigenvalue weighted by atomic mass is 14.7. The second kappa shape index (κ2) is 10.9. The molecule has 0 spiro atoms. The standard InChI is InChI=1S/C22H14N4.C2H6/c23-13-19-3-1-5-21(11-19)25-15-17-7-9-18(10-8-17)16-26-22-6-2-4-20(12-22)14-24;1-2/h1-12,15-16H;1-2H3. The largest absolute Gasteiger partial charge is 0.256 e. The molecule has 0 radical (unpaired) electrons. The molecular formula is C24H20N4. The minimum atomic E-state index is 0.590. The van der Waals surface area contributed by atoms with E-state index in [1.807, 2.05) is 62.4 Å². The normalized spacial score (nSPS) is 10.1. The fourth-order valence-corrected chi connectivity index (χ4v) is 2.28. The Morgan fingerprint density at radius 2 is 1.04 bits per heavy atom. The Hall–Kier alpha value is -4.02. The van der Waals surface area contributed by atoms with Crippen molar-refractivity contribution >= 4 is 23.8 Å². The van der Waals surface area contributed by atoms with E-state index in [-0.39, 0.29) is 0 Å². The van der Waals surface area contributed by atoms with Crippen LogP contribution in [0, 0.1) is 22.7 Å². The van der Waals surface area contributed by atoms with Crippen LogP contribution in [0.2, 0.25) is 0 Å². The third kappa shape index (κ3) is 6.05. The summed E-state index contributed by atoms with van der Waals surface area (Å²) in [5.74, 6) is 0. The number of hydrogen-bond acceptors (Lipinski definition) is 4. The lowest BCUT2D eigenvalue weighted by Gasteiger charge is -1.97. The predicted octanol–water partition coefficient (Wildman–Crippen LogP) is 5.96. The number of nitriles is 2. The van der Waals surface area contributed by atoms with E-state index in [2.05, 4.69) is 22.1 Å². The molecule has 0 aliphatic carbocycles. The molecule has 0 aliphatic heterocycles. The molecule has 3 aromatic rings. The first-order chi connectivity index (χ1) is 13.8. The molecule has 28 heavy (non-hydrogen) atoms. The van der Waals surface area contributed by atoms with Crippen LogP contribution in [-0.2, 0) is 0 Å². The van der Waals surface area contributed by atoms with Crippen molar-refractivity contribution in [3.63, 3.8) is 0 Å². The quantitative estimate of drug-likeness (QED) is 0.536. The SMILES string of the molecule is CC.N#Cc1cccc(N=Cc2ccc(C=Nc3cccc(C#N)c3)cc2)c1. The predicted molar refractivity (Wildman–Crippen MR) is 115 cm³/mol. The second-order valence-electron chi connectivity index (χ2n) is 5.51. The van der Waals surface area contributed by atoms with Gasteiger partial charge in [0.15, 0.2) is 0 Å². The molecule has 0 amide bonds. The van der Waals surface area contributed by atoms with Gasteiger partial charge in [-0.1, -0.05) is 50.2 Å². The van der Waals surface area contributed by atoms with Gasteiger partial charge in [0.1, 0.15) is 0 Å². The van der Waals surface area contributed by atoms with Gasteiger partial charge in [0, 0.05) is 12.4 Å². The lowest BCUT2D eigenvalue weighted by molar-refractivity contribution is 1.45. The highest BCUT2D eigenvalue weighted by Crippen LogP contribution is 2.15. The molecule has 4 heteroatoms. The van der Waals surface area contributed by atoms with Crippen molar-refractivity contribution in [3.8, 4) is 12.1 Å². The minimum Gasteiger partial charge on any atom is -0.256 e. The molecule has 136 valence electrons. The molecule has 0 saturated carbocycles. The molecule has 0 aromatic heterocycles. The first kappa shape index (κ1) is 20.3. The summed E-state index contributed by atoms with van der Waals surface area (Å²) in [7, 11) is 0. The average Bonchev–Trinajstić information content (AvgIpc) is 2.78.